The van der Waals surface area contributed by atoms with E-state index in [9.17, 15) is 5.11 Å². The van der Waals surface area contributed by atoms with Crippen molar-refractivity contribution in [3.05, 3.63) is 29.3 Å². The van der Waals surface area contributed by atoms with Crippen LogP contribution < -0.4 is 0 Å². The lowest BCUT2D eigenvalue weighted by Gasteiger charge is -2.16. The molecule has 88 valence electrons. The lowest BCUT2D eigenvalue weighted by molar-refractivity contribution is 0.107. The van der Waals surface area contributed by atoms with Gasteiger partial charge in [-0.2, -0.15) is 0 Å². The van der Waals surface area contributed by atoms with E-state index in [0.29, 0.717) is 11.9 Å². The van der Waals surface area contributed by atoms with Crippen molar-refractivity contribution in [2.45, 2.75) is 26.0 Å². The molecule has 3 heteroatoms. The van der Waals surface area contributed by atoms with E-state index in [2.05, 4.69) is 11.0 Å². The van der Waals surface area contributed by atoms with Gasteiger partial charge in [0.15, 0.2) is 0 Å². The van der Waals surface area contributed by atoms with Crippen LogP contribution in [0.15, 0.2) is 18.2 Å². The first-order valence-corrected chi connectivity index (χ1v) is 5.72. The van der Waals surface area contributed by atoms with E-state index in [0.717, 1.165) is 31.6 Å². The van der Waals surface area contributed by atoms with E-state index in [-0.39, 0.29) is 0 Å². The minimum absolute atomic E-state index is 0.354. The third kappa shape index (κ3) is 2.54. The Kier molecular flexibility index (Phi) is 3.46. The molecule has 1 aliphatic heterocycles. The Morgan fingerprint density at radius 3 is 3.00 bits per heavy atom. The molecular formula is C13H19NO2. The Morgan fingerprint density at radius 1 is 1.50 bits per heavy atom. The number of ether oxygens (including phenoxy) is 1. The van der Waals surface area contributed by atoms with Gasteiger partial charge in [-0.1, -0.05) is 17.7 Å². The summed E-state index contributed by atoms with van der Waals surface area (Å²) in [4.78, 5) is 2.32. The molecule has 0 bridgehead atoms. The zero-order chi connectivity index (χ0) is 11.5. The topological polar surface area (TPSA) is 32.7 Å². The molecule has 0 aromatic heterocycles. The van der Waals surface area contributed by atoms with Crippen molar-refractivity contribution in [3.63, 3.8) is 0 Å². The van der Waals surface area contributed by atoms with E-state index in [1.807, 2.05) is 13.0 Å². The molecule has 1 unspecified atom stereocenters. The molecule has 0 spiro atoms. The number of aromatic hydroxyl groups is 1. The summed E-state index contributed by atoms with van der Waals surface area (Å²) < 4.78 is 5.33. The quantitative estimate of drug-likeness (QED) is 0.846. The first-order chi connectivity index (χ1) is 7.69. The molecule has 2 rings (SSSR count). The van der Waals surface area contributed by atoms with Crippen molar-refractivity contribution in [1.82, 2.24) is 4.90 Å². The minimum Gasteiger partial charge on any atom is -0.508 e. The Morgan fingerprint density at radius 2 is 2.31 bits per heavy atom. The lowest BCUT2D eigenvalue weighted by Crippen LogP contribution is -2.22. The van der Waals surface area contributed by atoms with Crippen LogP contribution >= 0.6 is 0 Å². The number of phenolic OH excluding ortho intramolecular Hbond substituents is 1. The van der Waals surface area contributed by atoms with Gasteiger partial charge in [0.05, 0.1) is 6.10 Å². The maximum absolute atomic E-state index is 9.76. The average molecular weight is 221 g/mol. The average Bonchev–Trinajstić information content (AvgIpc) is 2.71. The predicted octanol–water partition coefficient (Wildman–Crippen LogP) is 1.92. The van der Waals surface area contributed by atoms with Crippen LogP contribution in [0.2, 0.25) is 0 Å². The first kappa shape index (κ1) is 11.4. The van der Waals surface area contributed by atoms with E-state index in [1.165, 1.54) is 5.56 Å². The molecule has 1 atom stereocenters. The molecule has 1 aliphatic rings. The van der Waals surface area contributed by atoms with Gasteiger partial charge in [0.2, 0.25) is 0 Å². The highest BCUT2D eigenvalue weighted by atomic mass is 16.5. The fraction of sp³-hybridized carbons (Fsp3) is 0.538. The molecule has 1 fully saturated rings. The van der Waals surface area contributed by atoms with E-state index in [1.54, 1.807) is 13.2 Å². The fourth-order valence-corrected chi connectivity index (χ4v) is 2.21. The maximum atomic E-state index is 9.76. The number of likely N-dealkylation sites (tertiary alicyclic amines) is 1. The van der Waals surface area contributed by atoms with Crippen LogP contribution in [0, 0.1) is 6.92 Å². The van der Waals surface area contributed by atoms with Gasteiger partial charge in [-0.25, -0.2) is 0 Å². The number of hydrogen-bond donors (Lipinski definition) is 1. The summed E-state index contributed by atoms with van der Waals surface area (Å²) in [6, 6.07) is 5.75. The largest absolute Gasteiger partial charge is 0.508 e. The second-order valence-electron chi connectivity index (χ2n) is 4.51. The van der Waals surface area contributed by atoms with Crippen molar-refractivity contribution in [2.24, 2.45) is 0 Å². The third-order valence-corrected chi connectivity index (χ3v) is 3.19. The molecule has 0 amide bonds. The zero-order valence-corrected chi connectivity index (χ0v) is 9.94. The van der Waals surface area contributed by atoms with Crippen molar-refractivity contribution in [1.29, 1.82) is 0 Å². The summed E-state index contributed by atoms with van der Waals surface area (Å²) in [5, 5.41) is 9.76. The van der Waals surface area contributed by atoms with E-state index >= 15 is 0 Å². The van der Waals surface area contributed by atoms with Gasteiger partial charge < -0.3 is 9.84 Å². The molecule has 1 heterocycles. The van der Waals surface area contributed by atoms with Gasteiger partial charge in [-0.15, -0.1) is 0 Å². The highest BCUT2D eigenvalue weighted by Crippen LogP contribution is 2.22. The molecular weight excluding hydrogens is 202 g/mol. The standard InChI is InChI=1S/C13H19NO2/c1-10-3-4-13(15)11(7-10)8-14-6-5-12(9-14)16-2/h3-4,7,12,15H,5-6,8-9H2,1-2H3. The van der Waals surface area contributed by atoms with Gasteiger partial charge in [-0.3, -0.25) is 4.90 Å². The fourth-order valence-electron chi connectivity index (χ4n) is 2.21. The first-order valence-electron chi connectivity index (χ1n) is 5.72. The normalized spacial score (nSPS) is 21.5. The summed E-state index contributed by atoms with van der Waals surface area (Å²) in [5.41, 5.74) is 2.20. The summed E-state index contributed by atoms with van der Waals surface area (Å²) in [6.45, 7) is 4.87. The second kappa shape index (κ2) is 4.85. The Labute approximate surface area is 96.6 Å². The second-order valence-corrected chi connectivity index (χ2v) is 4.51. The number of aryl methyl sites for hydroxylation is 1. The number of phenols is 1. The number of rotatable bonds is 3. The van der Waals surface area contributed by atoms with E-state index < -0.39 is 0 Å². The molecule has 1 saturated heterocycles. The van der Waals surface area contributed by atoms with Crippen LogP contribution in [0.25, 0.3) is 0 Å². The molecule has 3 nitrogen and oxygen atoms in total. The van der Waals surface area contributed by atoms with Gasteiger partial charge in [-0.05, 0) is 19.4 Å². The van der Waals surface area contributed by atoms with Crippen LogP contribution in [0.1, 0.15) is 17.5 Å². The van der Waals surface area contributed by atoms with Crippen molar-refractivity contribution < 1.29 is 9.84 Å². The van der Waals surface area contributed by atoms with Crippen LogP contribution in [0.3, 0.4) is 0 Å². The minimum atomic E-state index is 0.354. The van der Waals surface area contributed by atoms with Gasteiger partial charge >= 0.3 is 0 Å². The summed E-state index contributed by atoms with van der Waals surface area (Å²) in [5.74, 6) is 0.395. The SMILES string of the molecule is COC1CCN(Cc2cc(C)ccc2O)C1. The molecule has 16 heavy (non-hydrogen) atoms. The monoisotopic (exact) mass is 221 g/mol. The summed E-state index contributed by atoms with van der Waals surface area (Å²) in [7, 11) is 1.76. The number of nitrogens with zero attached hydrogens (tertiary/aromatic N) is 1. The Bertz CT molecular complexity index is 365. The zero-order valence-electron chi connectivity index (χ0n) is 9.94. The molecule has 0 aliphatic carbocycles. The number of hydrogen-bond acceptors (Lipinski definition) is 3. The lowest BCUT2D eigenvalue weighted by atomic mass is 10.1. The number of methoxy groups -OCH3 is 1. The predicted molar refractivity (Wildman–Crippen MR) is 63.5 cm³/mol. The molecule has 0 radical (unpaired) electrons. The van der Waals surface area contributed by atoms with Crippen LogP contribution in [0.4, 0.5) is 0 Å². The smallest absolute Gasteiger partial charge is 0.120 e. The summed E-state index contributed by atoms with van der Waals surface area (Å²) >= 11 is 0. The van der Waals surface area contributed by atoms with Gasteiger partial charge in [0.25, 0.3) is 0 Å². The highest BCUT2D eigenvalue weighted by molar-refractivity contribution is 5.35. The van der Waals surface area contributed by atoms with E-state index in [4.69, 9.17) is 4.74 Å². The highest BCUT2D eigenvalue weighted by Gasteiger charge is 2.22. The molecule has 1 aromatic rings. The van der Waals surface area contributed by atoms with Gasteiger partial charge in [0.1, 0.15) is 5.75 Å². The molecule has 1 aromatic carbocycles. The van der Waals surface area contributed by atoms with Gasteiger partial charge in [0, 0.05) is 32.3 Å². The van der Waals surface area contributed by atoms with Crippen molar-refractivity contribution in [2.75, 3.05) is 20.2 Å². The molecule has 0 saturated carbocycles. The van der Waals surface area contributed by atoms with Crippen molar-refractivity contribution >= 4 is 0 Å². The Hall–Kier alpha value is -1.06. The molecule has 1 N–H and O–H groups in total. The van der Waals surface area contributed by atoms with Crippen LogP contribution in [0.5, 0.6) is 5.75 Å². The van der Waals surface area contributed by atoms with Crippen LogP contribution in [-0.2, 0) is 11.3 Å². The maximum Gasteiger partial charge on any atom is 0.120 e. The third-order valence-electron chi connectivity index (χ3n) is 3.19. The Balaban J connectivity index is 2.01. The number of benzene rings is 1. The summed E-state index contributed by atoms with van der Waals surface area (Å²) in [6.07, 6.45) is 1.44. The van der Waals surface area contributed by atoms with Crippen molar-refractivity contribution in [3.8, 4) is 5.75 Å². The van der Waals surface area contributed by atoms with Crippen LogP contribution in [-0.4, -0.2) is 36.3 Å².